The lowest BCUT2D eigenvalue weighted by atomic mass is 10.1. The number of nitrogens with one attached hydrogen (secondary N) is 3. The predicted octanol–water partition coefficient (Wildman–Crippen LogP) is 3.64. The third kappa shape index (κ3) is 5.88. The van der Waals surface area contributed by atoms with Gasteiger partial charge in [-0.2, -0.15) is 0 Å². The largest absolute Gasteiger partial charge is 0.392 e. The summed E-state index contributed by atoms with van der Waals surface area (Å²) in [7, 11) is 0. The Kier molecular flexibility index (Phi) is 7.33. The van der Waals surface area contributed by atoms with Crippen LogP contribution in [0.1, 0.15) is 27.5 Å². The summed E-state index contributed by atoms with van der Waals surface area (Å²) >= 11 is 5.30. The predicted molar refractivity (Wildman–Crippen MR) is 120 cm³/mol. The van der Waals surface area contributed by atoms with Crippen LogP contribution in [0.5, 0.6) is 0 Å². The van der Waals surface area contributed by atoms with Crippen LogP contribution in [0.3, 0.4) is 0 Å². The second kappa shape index (κ2) is 10.4. The van der Waals surface area contributed by atoms with Crippen molar-refractivity contribution in [3.8, 4) is 0 Å². The first-order chi connectivity index (χ1) is 14.2. The van der Waals surface area contributed by atoms with Gasteiger partial charge in [-0.15, -0.1) is 0 Å². The summed E-state index contributed by atoms with van der Waals surface area (Å²) in [6, 6.07) is 26.4. The van der Waals surface area contributed by atoms with Crippen molar-refractivity contribution in [2.45, 2.75) is 12.6 Å². The molecule has 6 heteroatoms. The molecule has 4 N–H and O–H groups in total. The van der Waals surface area contributed by atoms with E-state index in [1.165, 1.54) is 0 Å². The molecule has 0 aliphatic rings. The number of hydrogen-bond donors (Lipinski definition) is 4. The van der Waals surface area contributed by atoms with Crippen LogP contribution in [0.15, 0.2) is 84.9 Å². The summed E-state index contributed by atoms with van der Waals surface area (Å²) in [5.41, 5.74) is 3.27. The number of aliphatic hydroxyl groups is 1. The van der Waals surface area contributed by atoms with Crippen LogP contribution in [0.4, 0.5) is 5.69 Å². The monoisotopic (exact) mass is 405 g/mol. The van der Waals surface area contributed by atoms with E-state index in [9.17, 15) is 9.90 Å². The first-order valence-electron chi connectivity index (χ1n) is 9.32. The minimum atomic E-state index is -0.252. The summed E-state index contributed by atoms with van der Waals surface area (Å²) in [4.78, 5) is 12.3. The highest BCUT2D eigenvalue weighted by molar-refractivity contribution is 7.80. The van der Waals surface area contributed by atoms with Crippen molar-refractivity contribution in [1.29, 1.82) is 0 Å². The summed E-state index contributed by atoms with van der Waals surface area (Å²) in [5.74, 6) is -0.252. The zero-order valence-corrected chi connectivity index (χ0v) is 16.7. The number of para-hydroxylation sites is 1. The van der Waals surface area contributed by atoms with Crippen LogP contribution < -0.4 is 16.0 Å². The zero-order valence-electron chi connectivity index (χ0n) is 15.8. The van der Waals surface area contributed by atoms with Gasteiger partial charge in [0.1, 0.15) is 0 Å². The van der Waals surface area contributed by atoms with Crippen molar-refractivity contribution in [1.82, 2.24) is 10.6 Å². The van der Waals surface area contributed by atoms with Gasteiger partial charge in [0.25, 0.3) is 5.91 Å². The van der Waals surface area contributed by atoms with Crippen LogP contribution in [-0.2, 0) is 6.61 Å². The highest BCUT2D eigenvalue weighted by atomic mass is 32.1. The van der Waals surface area contributed by atoms with Crippen molar-refractivity contribution in [2.24, 2.45) is 0 Å². The lowest BCUT2D eigenvalue weighted by molar-refractivity contribution is 0.0976. The quantitative estimate of drug-likeness (QED) is 0.452. The molecule has 3 aromatic carbocycles. The van der Waals surface area contributed by atoms with Crippen LogP contribution in [0, 0.1) is 0 Å². The van der Waals surface area contributed by atoms with Gasteiger partial charge in [-0.25, -0.2) is 0 Å². The Balaban J connectivity index is 1.67. The molecule has 0 aliphatic carbocycles. The van der Waals surface area contributed by atoms with Gasteiger partial charge in [-0.05, 0) is 36.0 Å². The molecule has 1 atom stereocenters. The second-order valence-electron chi connectivity index (χ2n) is 6.45. The highest BCUT2D eigenvalue weighted by Gasteiger charge is 2.14. The number of amides is 1. The van der Waals surface area contributed by atoms with Gasteiger partial charge in [0, 0.05) is 23.4 Å². The summed E-state index contributed by atoms with van der Waals surface area (Å²) in [6.45, 7) is 0.404. The Morgan fingerprint density at radius 1 is 0.897 bits per heavy atom. The molecule has 148 valence electrons. The Morgan fingerprint density at radius 3 is 2.21 bits per heavy atom. The number of hydrogen-bond acceptors (Lipinski definition) is 4. The van der Waals surface area contributed by atoms with E-state index in [-0.39, 0.29) is 23.7 Å². The number of benzene rings is 3. The maximum Gasteiger partial charge on any atom is 0.257 e. The smallest absolute Gasteiger partial charge is 0.257 e. The van der Waals surface area contributed by atoms with Gasteiger partial charge >= 0.3 is 0 Å². The first kappa shape index (κ1) is 20.5. The fourth-order valence-corrected chi connectivity index (χ4v) is 3.10. The summed E-state index contributed by atoms with van der Waals surface area (Å²) in [5, 5.41) is 19.1. The molecule has 0 radical (unpaired) electrons. The van der Waals surface area contributed by atoms with Gasteiger partial charge in [-0.3, -0.25) is 10.1 Å². The molecule has 5 nitrogen and oxygen atoms in total. The fourth-order valence-electron chi connectivity index (χ4n) is 2.93. The summed E-state index contributed by atoms with van der Waals surface area (Å²) in [6.07, 6.45) is 0. The number of carbonyl (C=O) groups is 1. The van der Waals surface area contributed by atoms with Gasteiger partial charge < -0.3 is 15.7 Å². The van der Waals surface area contributed by atoms with Crippen molar-refractivity contribution < 1.29 is 9.90 Å². The molecule has 1 unspecified atom stereocenters. The molecule has 0 aliphatic heterocycles. The number of aliphatic hydroxyl groups excluding tert-OH is 1. The molecule has 1 amide bonds. The molecule has 0 bridgehead atoms. The molecular weight excluding hydrogens is 382 g/mol. The first-order valence-corrected chi connectivity index (χ1v) is 9.72. The standard InChI is InChI=1S/C23H23N3O2S/c27-16-19-13-7-8-14-20(19)25-21(17-9-3-1-4-10-17)15-24-23(29)26-22(28)18-11-5-2-6-12-18/h1-14,21,25,27H,15-16H2,(H2,24,26,28,29). The van der Waals surface area contributed by atoms with Crippen LogP contribution >= 0.6 is 12.2 Å². The van der Waals surface area contributed by atoms with E-state index in [0.29, 0.717) is 12.1 Å². The molecule has 0 saturated heterocycles. The molecule has 0 spiro atoms. The highest BCUT2D eigenvalue weighted by Crippen LogP contribution is 2.22. The molecule has 0 fully saturated rings. The Morgan fingerprint density at radius 2 is 1.52 bits per heavy atom. The second-order valence-corrected chi connectivity index (χ2v) is 6.86. The topological polar surface area (TPSA) is 73.4 Å². The lowest BCUT2D eigenvalue weighted by Gasteiger charge is -2.23. The molecular formula is C23H23N3O2S. The van der Waals surface area contributed by atoms with Crippen molar-refractivity contribution in [3.05, 3.63) is 102 Å². The van der Waals surface area contributed by atoms with E-state index in [1.807, 2.05) is 60.7 Å². The number of rotatable bonds is 7. The zero-order chi connectivity index (χ0) is 20.5. The normalized spacial score (nSPS) is 11.3. The fraction of sp³-hybridized carbons (Fsp3) is 0.130. The van der Waals surface area contributed by atoms with Crippen molar-refractivity contribution in [2.75, 3.05) is 11.9 Å². The summed E-state index contributed by atoms with van der Waals surface area (Å²) < 4.78 is 0. The van der Waals surface area contributed by atoms with E-state index >= 15 is 0 Å². The van der Waals surface area contributed by atoms with E-state index < -0.39 is 0 Å². The van der Waals surface area contributed by atoms with Crippen molar-refractivity contribution in [3.63, 3.8) is 0 Å². The van der Waals surface area contributed by atoms with E-state index in [0.717, 1.165) is 16.8 Å². The van der Waals surface area contributed by atoms with Gasteiger partial charge in [0.05, 0.1) is 12.6 Å². The molecule has 0 aromatic heterocycles. The minimum absolute atomic E-state index is 0.0519. The maximum absolute atomic E-state index is 12.3. The number of anilines is 1. The molecule has 3 aromatic rings. The van der Waals surface area contributed by atoms with Crippen LogP contribution in [0.25, 0.3) is 0 Å². The Hall–Kier alpha value is -3.22. The van der Waals surface area contributed by atoms with Crippen molar-refractivity contribution >= 4 is 28.9 Å². The SMILES string of the molecule is O=C(NC(=S)NCC(Nc1ccccc1CO)c1ccccc1)c1ccccc1. The Labute approximate surface area is 175 Å². The molecule has 0 heterocycles. The Bertz CT molecular complexity index is 949. The average Bonchev–Trinajstić information content (AvgIpc) is 2.78. The average molecular weight is 406 g/mol. The van der Waals surface area contributed by atoms with Gasteiger partial charge in [-0.1, -0.05) is 66.7 Å². The van der Waals surface area contributed by atoms with Gasteiger partial charge in [0.2, 0.25) is 0 Å². The van der Waals surface area contributed by atoms with Crippen LogP contribution in [-0.4, -0.2) is 22.7 Å². The molecule has 3 rings (SSSR count). The molecule has 0 saturated carbocycles. The molecule has 29 heavy (non-hydrogen) atoms. The maximum atomic E-state index is 12.3. The third-order valence-electron chi connectivity index (χ3n) is 4.45. The third-order valence-corrected chi connectivity index (χ3v) is 4.70. The van der Waals surface area contributed by atoms with Crippen LogP contribution in [0.2, 0.25) is 0 Å². The number of carbonyl (C=O) groups excluding carboxylic acids is 1. The number of thiocarbonyl (C=S) groups is 1. The van der Waals surface area contributed by atoms with Gasteiger partial charge in [0.15, 0.2) is 5.11 Å². The lowest BCUT2D eigenvalue weighted by Crippen LogP contribution is -2.41. The minimum Gasteiger partial charge on any atom is -0.392 e. The van der Waals surface area contributed by atoms with E-state index in [2.05, 4.69) is 16.0 Å². The van der Waals surface area contributed by atoms with E-state index in [4.69, 9.17) is 12.2 Å². The van der Waals surface area contributed by atoms with E-state index in [1.54, 1.807) is 24.3 Å².